The number of para-hydroxylation sites is 1. The molecule has 2 aromatic rings. The maximum Gasteiger partial charge on any atom is 0.314 e. The fraction of sp³-hybridized carbons (Fsp3) is 0.375. The van der Waals surface area contributed by atoms with Gasteiger partial charge in [-0.2, -0.15) is 0 Å². The summed E-state index contributed by atoms with van der Waals surface area (Å²) in [6.07, 6.45) is 3.26. The summed E-state index contributed by atoms with van der Waals surface area (Å²) in [5, 5.41) is 3.08. The van der Waals surface area contributed by atoms with Gasteiger partial charge in [0.1, 0.15) is 5.75 Å². The number of benzene rings is 1. The van der Waals surface area contributed by atoms with Gasteiger partial charge in [0.25, 0.3) is 5.88 Å². The van der Waals surface area contributed by atoms with Crippen LogP contribution in [0.2, 0.25) is 0 Å². The largest absolute Gasteiger partial charge is 0.434 e. The van der Waals surface area contributed by atoms with Crippen LogP contribution in [0, 0.1) is 0 Å². The Morgan fingerprint density at radius 2 is 2.00 bits per heavy atom. The SMILES string of the molecule is CNCc1ccccc1Oc1nccn(C(C)(C)C)c1=O. The lowest BCUT2D eigenvalue weighted by Crippen LogP contribution is -2.34. The molecule has 0 amide bonds. The van der Waals surface area contributed by atoms with Crippen molar-refractivity contribution in [3.8, 4) is 11.6 Å². The predicted molar refractivity (Wildman–Crippen MR) is 82.8 cm³/mol. The number of aromatic nitrogens is 2. The van der Waals surface area contributed by atoms with Crippen molar-refractivity contribution in [2.45, 2.75) is 32.9 Å². The second-order valence-electron chi connectivity index (χ2n) is 5.82. The summed E-state index contributed by atoms with van der Waals surface area (Å²) in [7, 11) is 1.87. The summed E-state index contributed by atoms with van der Waals surface area (Å²) in [6.45, 7) is 6.56. The van der Waals surface area contributed by atoms with Crippen LogP contribution in [-0.2, 0) is 12.1 Å². The summed E-state index contributed by atoms with van der Waals surface area (Å²) in [6, 6.07) is 7.60. The van der Waals surface area contributed by atoms with Gasteiger partial charge < -0.3 is 14.6 Å². The maximum atomic E-state index is 12.4. The van der Waals surface area contributed by atoms with Crippen molar-refractivity contribution >= 4 is 0 Å². The lowest BCUT2D eigenvalue weighted by molar-refractivity contribution is 0.362. The van der Waals surface area contributed by atoms with Crippen LogP contribution in [0.4, 0.5) is 0 Å². The molecule has 0 spiro atoms. The quantitative estimate of drug-likeness (QED) is 0.938. The van der Waals surface area contributed by atoms with E-state index in [4.69, 9.17) is 4.74 Å². The Morgan fingerprint density at radius 3 is 2.67 bits per heavy atom. The zero-order chi connectivity index (χ0) is 15.5. The molecule has 0 fully saturated rings. The summed E-state index contributed by atoms with van der Waals surface area (Å²) in [5.41, 5.74) is 0.430. The average Bonchev–Trinajstić information content (AvgIpc) is 2.42. The van der Waals surface area contributed by atoms with Crippen molar-refractivity contribution in [3.05, 3.63) is 52.6 Å². The zero-order valence-corrected chi connectivity index (χ0v) is 12.9. The first-order chi connectivity index (χ1) is 9.93. The predicted octanol–water partition coefficient (Wildman–Crippen LogP) is 2.51. The molecular formula is C16H21N3O2. The van der Waals surface area contributed by atoms with Crippen LogP contribution in [0.3, 0.4) is 0 Å². The molecule has 5 nitrogen and oxygen atoms in total. The van der Waals surface area contributed by atoms with E-state index < -0.39 is 0 Å². The van der Waals surface area contributed by atoms with Crippen LogP contribution in [0.25, 0.3) is 0 Å². The van der Waals surface area contributed by atoms with Crippen LogP contribution in [-0.4, -0.2) is 16.6 Å². The standard InChI is InChI=1S/C16H21N3O2/c1-16(2,3)19-10-9-18-14(15(19)20)21-13-8-6-5-7-12(13)11-17-4/h5-10,17H,11H2,1-4H3. The monoisotopic (exact) mass is 287 g/mol. The Hall–Kier alpha value is -2.14. The minimum Gasteiger partial charge on any atom is -0.434 e. The first kappa shape index (κ1) is 15.3. The molecule has 21 heavy (non-hydrogen) atoms. The van der Waals surface area contributed by atoms with Gasteiger partial charge in [-0.3, -0.25) is 4.79 Å². The van der Waals surface area contributed by atoms with E-state index in [1.807, 2.05) is 52.1 Å². The van der Waals surface area contributed by atoms with E-state index in [9.17, 15) is 4.79 Å². The third kappa shape index (κ3) is 3.49. The first-order valence-electron chi connectivity index (χ1n) is 6.92. The summed E-state index contributed by atoms with van der Waals surface area (Å²) >= 11 is 0. The van der Waals surface area contributed by atoms with E-state index in [0.29, 0.717) is 12.3 Å². The lowest BCUT2D eigenvalue weighted by atomic mass is 10.1. The van der Waals surface area contributed by atoms with E-state index in [0.717, 1.165) is 5.56 Å². The molecule has 0 bridgehead atoms. The first-order valence-corrected chi connectivity index (χ1v) is 6.92. The Kier molecular flexibility index (Phi) is 4.43. The van der Waals surface area contributed by atoms with Gasteiger partial charge in [-0.05, 0) is 33.9 Å². The molecule has 2 rings (SSSR count). The maximum absolute atomic E-state index is 12.4. The molecule has 0 saturated carbocycles. The molecule has 112 valence electrons. The van der Waals surface area contributed by atoms with Crippen molar-refractivity contribution in [1.29, 1.82) is 0 Å². The van der Waals surface area contributed by atoms with Crippen LogP contribution in [0.5, 0.6) is 11.6 Å². The van der Waals surface area contributed by atoms with Crippen molar-refractivity contribution in [2.24, 2.45) is 0 Å². The molecular weight excluding hydrogens is 266 g/mol. The summed E-state index contributed by atoms with van der Waals surface area (Å²) in [5.74, 6) is 0.735. The van der Waals surface area contributed by atoms with Crippen LogP contribution in [0.1, 0.15) is 26.3 Å². The Labute approximate surface area is 124 Å². The number of hydrogen-bond acceptors (Lipinski definition) is 4. The second-order valence-corrected chi connectivity index (χ2v) is 5.82. The van der Waals surface area contributed by atoms with Crippen LogP contribution < -0.4 is 15.6 Å². The smallest absolute Gasteiger partial charge is 0.314 e. The highest BCUT2D eigenvalue weighted by Gasteiger charge is 2.18. The molecule has 0 unspecified atom stereocenters. The van der Waals surface area contributed by atoms with Gasteiger partial charge >= 0.3 is 5.56 Å². The summed E-state index contributed by atoms with van der Waals surface area (Å²) < 4.78 is 7.37. The lowest BCUT2D eigenvalue weighted by Gasteiger charge is -2.22. The molecule has 1 heterocycles. The average molecular weight is 287 g/mol. The van der Waals surface area contributed by atoms with E-state index in [2.05, 4.69) is 10.3 Å². The van der Waals surface area contributed by atoms with Gasteiger partial charge in [-0.25, -0.2) is 4.98 Å². The molecule has 0 saturated heterocycles. The molecule has 1 N–H and O–H groups in total. The fourth-order valence-electron chi connectivity index (χ4n) is 2.04. The number of hydrogen-bond donors (Lipinski definition) is 1. The van der Waals surface area contributed by atoms with E-state index in [1.54, 1.807) is 17.0 Å². The molecule has 0 radical (unpaired) electrons. The van der Waals surface area contributed by atoms with E-state index in [-0.39, 0.29) is 17.0 Å². The molecule has 0 aliphatic heterocycles. The minimum absolute atomic E-state index is 0.0935. The Balaban J connectivity index is 2.40. The Morgan fingerprint density at radius 1 is 1.29 bits per heavy atom. The topological polar surface area (TPSA) is 56.1 Å². The van der Waals surface area contributed by atoms with Crippen molar-refractivity contribution < 1.29 is 4.74 Å². The number of ether oxygens (including phenoxy) is 1. The molecule has 1 aromatic carbocycles. The highest BCUT2D eigenvalue weighted by Crippen LogP contribution is 2.22. The molecule has 1 aromatic heterocycles. The van der Waals surface area contributed by atoms with Gasteiger partial charge in [-0.1, -0.05) is 18.2 Å². The molecule has 0 aliphatic rings. The van der Waals surface area contributed by atoms with Gasteiger partial charge in [-0.15, -0.1) is 0 Å². The molecule has 5 heteroatoms. The van der Waals surface area contributed by atoms with Gasteiger partial charge in [0.05, 0.1) is 0 Å². The fourth-order valence-corrected chi connectivity index (χ4v) is 2.04. The minimum atomic E-state index is -0.317. The molecule has 0 atom stereocenters. The summed E-state index contributed by atoms with van der Waals surface area (Å²) in [4.78, 5) is 16.5. The number of rotatable bonds is 4. The third-order valence-corrected chi connectivity index (χ3v) is 3.08. The number of nitrogens with one attached hydrogen (secondary N) is 1. The van der Waals surface area contributed by atoms with Crippen LogP contribution in [0.15, 0.2) is 41.5 Å². The highest BCUT2D eigenvalue weighted by molar-refractivity contribution is 5.35. The third-order valence-electron chi connectivity index (χ3n) is 3.08. The van der Waals surface area contributed by atoms with Gasteiger partial charge in [0.15, 0.2) is 0 Å². The van der Waals surface area contributed by atoms with E-state index in [1.165, 1.54) is 0 Å². The van der Waals surface area contributed by atoms with Gasteiger partial charge in [0.2, 0.25) is 0 Å². The Bertz CT molecular complexity index is 672. The zero-order valence-electron chi connectivity index (χ0n) is 12.9. The second kappa shape index (κ2) is 6.10. The van der Waals surface area contributed by atoms with Crippen molar-refractivity contribution in [1.82, 2.24) is 14.9 Å². The van der Waals surface area contributed by atoms with Crippen molar-refractivity contribution in [3.63, 3.8) is 0 Å². The highest BCUT2D eigenvalue weighted by atomic mass is 16.5. The normalized spacial score (nSPS) is 11.4. The number of nitrogens with zero attached hydrogens (tertiary/aromatic N) is 2. The molecule has 0 aliphatic carbocycles. The van der Waals surface area contributed by atoms with Crippen LogP contribution >= 0.6 is 0 Å². The van der Waals surface area contributed by atoms with Crippen molar-refractivity contribution in [2.75, 3.05) is 7.05 Å². The van der Waals surface area contributed by atoms with Gasteiger partial charge in [0, 0.05) is 30.0 Å². The van der Waals surface area contributed by atoms with E-state index >= 15 is 0 Å².